The van der Waals surface area contributed by atoms with E-state index in [1.165, 1.54) is 27.9 Å². The molecule has 28 heavy (non-hydrogen) atoms. The Balaban J connectivity index is 1.47. The number of nitrogens with zero attached hydrogens (tertiary/aromatic N) is 4. The molecule has 0 radical (unpaired) electrons. The van der Waals surface area contributed by atoms with Gasteiger partial charge in [-0.3, -0.25) is 19.8 Å². The minimum atomic E-state index is 0.107. The van der Waals surface area contributed by atoms with Gasteiger partial charge in [0.2, 0.25) is 0 Å². The quantitative estimate of drug-likeness (QED) is 0.808. The highest BCUT2D eigenvalue weighted by Gasteiger charge is 2.31. The molecule has 0 aromatic carbocycles. The van der Waals surface area contributed by atoms with Crippen molar-refractivity contribution in [2.45, 2.75) is 78.0 Å². The van der Waals surface area contributed by atoms with Crippen LogP contribution in [0.25, 0.3) is 0 Å². The van der Waals surface area contributed by atoms with Crippen molar-refractivity contribution in [3.05, 3.63) is 58.7 Å². The van der Waals surface area contributed by atoms with Crippen LogP contribution < -0.4 is 0 Å². The summed E-state index contributed by atoms with van der Waals surface area (Å²) in [6.45, 7) is 15.8. The Morgan fingerprint density at radius 1 is 0.893 bits per heavy atom. The summed E-state index contributed by atoms with van der Waals surface area (Å²) in [4.78, 5) is 14.3. The fourth-order valence-corrected chi connectivity index (χ4v) is 4.64. The molecule has 0 bridgehead atoms. The Morgan fingerprint density at radius 3 is 2.43 bits per heavy atom. The van der Waals surface area contributed by atoms with Crippen LogP contribution >= 0.6 is 0 Å². The maximum atomic E-state index is 4.88. The van der Waals surface area contributed by atoms with Gasteiger partial charge in [-0.15, -0.1) is 0 Å². The van der Waals surface area contributed by atoms with E-state index in [4.69, 9.17) is 4.98 Å². The van der Waals surface area contributed by atoms with Gasteiger partial charge < -0.3 is 0 Å². The van der Waals surface area contributed by atoms with Crippen LogP contribution in [-0.2, 0) is 32.4 Å². The van der Waals surface area contributed by atoms with Gasteiger partial charge in [-0.05, 0) is 82.2 Å². The number of pyridine rings is 2. The van der Waals surface area contributed by atoms with Crippen molar-refractivity contribution in [2.24, 2.45) is 0 Å². The molecule has 0 amide bonds. The van der Waals surface area contributed by atoms with Crippen LogP contribution in [0.2, 0.25) is 0 Å². The molecule has 2 aromatic heterocycles. The fraction of sp³-hybridized carbons (Fsp3) is 0.583. The summed E-state index contributed by atoms with van der Waals surface area (Å²) in [6, 6.07) is 4.59. The van der Waals surface area contributed by atoms with Crippen LogP contribution in [0.5, 0.6) is 0 Å². The van der Waals surface area contributed by atoms with Crippen molar-refractivity contribution < 1.29 is 0 Å². The Bertz CT molecular complexity index is 850. The van der Waals surface area contributed by atoms with Crippen LogP contribution in [0.1, 0.15) is 62.6 Å². The van der Waals surface area contributed by atoms with Crippen molar-refractivity contribution in [3.63, 3.8) is 0 Å². The third-order valence-electron chi connectivity index (χ3n) is 6.57. The van der Waals surface area contributed by atoms with E-state index in [9.17, 15) is 0 Å². The third kappa shape index (κ3) is 3.99. The van der Waals surface area contributed by atoms with E-state index in [0.29, 0.717) is 0 Å². The standard InChI is InChI=1S/C24H34N4/c1-23(2,3)27-10-8-20-12-18(14-26-22(20)17-27)13-24(4,5)28-11-7-19-6-9-25-15-21(19)16-28/h6,9,12,14-15H,7-8,10-11,13,16-17H2,1-5H3. The van der Waals surface area contributed by atoms with E-state index in [2.05, 4.69) is 67.7 Å². The molecule has 0 saturated carbocycles. The lowest BCUT2D eigenvalue weighted by atomic mass is 9.89. The first-order valence-corrected chi connectivity index (χ1v) is 10.6. The highest BCUT2D eigenvalue weighted by Crippen LogP contribution is 2.29. The van der Waals surface area contributed by atoms with Gasteiger partial charge in [-0.1, -0.05) is 6.07 Å². The average molecular weight is 379 g/mol. The first-order chi connectivity index (χ1) is 13.2. The van der Waals surface area contributed by atoms with Gasteiger partial charge in [0.05, 0.1) is 5.69 Å². The van der Waals surface area contributed by atoms with E-state index < -0.39 is 0 Å². The monoisotopic (exact) mass is 378 g/mol. The Kier molecular flexibility index (Phi) is 5.05. The van der Waals surface area contributed by atoms with Gasteiger partial charge in [0.1, 0.15) is 0 Å². The van der Waals surface area contributed by atoms with Gasteiger partial charge in [0.25, 0.3) is 0 Å². The molecule has 0 spiro atoms. The minimum absolute atomic E-state index is 0.107. The van der Waals surface area contributed by atoms with Crippen LogP contribution in [0.4, 0.5) is 0 Å². The Hall–Kier alpha value is -1.78. The Labute approximate surface area is 170 Å². The maximum Gasteiger partial charge on any atom is 0.0576 e. The molecule has 2 aromatic rings. The van der Waals surface area contributed by atoms with Crippen molar-refractivity contribution in [3.8, 4) is 0 Å². The molecule has 0 atom stereocenters. The van der Waals surface area contributed by atoms with Gasteiger partial charge >= 0.3 is 0 Å². The molecule has 0 unspecified atom stereocenters. The molecule has 0 aliphatic carbocycles. The summed E-state index contributed by atoms with van der Waals surface area (Å²) in [5.41, 5.74) is 7.23. The van der Waals surface area contributed by atoms with E-state index in [1.807, 2.05) is 12.4 Å². The van der Waals surface area contributed by atoms with Gasteiger partial charge in [-0.25, -0.2) is 0 Å². The maximum absolute atomic E-state index is 4.88. The molecular weight excluding hydrogens is 344 g/mol. The summed E-state index contributed by atoms with van der Waals surface area (Å²) in [6.07, 6.45) is 9.33. The number of fused-ring (bicyclic) bond motifs is 2. The largest absolute Gasteiger partial charge is 0.293 e. The van der Waals surface area contributed by atoms with Crippen molar-refractivity contribution >= 4 is 0 Å². The molecule has 4 nitrogen and oxygen atoms in total. The summed E-state index contributed by atoms with van der Waals surface area (Å²) < 4.78 is 0. The normalized spacial score (nSPS) is 18.6. The zero-order chi connectivity index (χ0) is 19.9. The second-order valence-electron chi connectivity index (χ2n) is 10.1. The molecule has 150 valence electrons. The second-order valence-corrected chi connectivity index (χ2v) is 10.1. The average Bonchev–Trinajstić information content (AvgIpc) is 2.66. The van der Waals surface area contributed by atoms with Crippen molar-refractivity contribution in [1.29, 1.82) is 0 Å². The van der Waals surface area contributed by atoms with Gasteiger partial charge in [0, 0.05) is 55.8 Å². The summed E-state index contributed by atoms with van der Waals surface area (Å²) >= 11 is 0. The van der Waals surface area contributed by atoms with Gasteiger partial charge in [0.15, 0.2) is 0 Å². The predicted octanol–water partition coefficient (Wildman–Crippen LogP) is 4.01. The molecule has 2 aliphatic rings. The van der Waals surface area contributed by atoms with E-state index in [0.717, 1.165) is 45.4 Å². The van der Waals surface area contributed by atoms with Crippen LogP contribution in [0.3, 0.4) is 0 Å². The lowest BCUT2D eigenvalue weighted by molar-refractivity contribution is 0.104. The second kappa shape index (κ2) is 7.23. The number of rotatable bonds is 3. The molecule has 2 aliphatic heterocycles. The summed E-state index contributed by atoms with van der Waals surface area (Å²) in [7, 11) is 0. The van der Waals surface area contributed by atoms with Crippen molar-refractivity contribution in [1.82, 2.24) is 19.8 Å². The van der Waals surface area contributed by atoms with Crippen LogP contribution in [-0.4, -0.2) is 43.9 Å². The molecule has 4 rings (SSSR count). The van der Waals surface area contributed by atoms with E-state index in [-0.39, 0.29) is 11.1 Å². The first-order valence-electron chi connectivity index (χ1n) is 10.6. The Morgan fingerprint density at radius 2 is 1.64 bits per heavy atom. The van der Waals surface area contributed by atoms with E-state index in [1.54, 1.807) is 0 Å². The van der Waals surface area contributed by atoms with Gasteiger partial charge in [-0.2, -0.15) is 0 Å². The highest BCUT2D eigenvalue weighted by molar-refractivity contribution is 5.30. The molecule has 4 heterocycles. The topological polar surface area (TPSA) is 32.3 Å². The summed E-state index contributed by atoms with van der Waals surface area (Å²) in [5, 5.41) is 0. The number of aromatic nitrogens is 2. The molecule has 0 saturated heterocycles. The molecule has 4 heteroatoms. The van der Waals surface area contributed by atoms with Crippen LogP contribution in [0, 0.1) is 0 Å². The molecular formula is C24H34N4. The molecule has 0 fully saturated rings. The third-order valence-corrected chi connectivity index (χ3v) is 6.57. The molecule has 0 N–H and O–H groups in total. The SMILES string of the molecule is CC(C)(C)N1CCc2cc(CC(C)(C)N3CCc4ccncc4C3)cnc2C1. The smallest absolute Gasteiger partial charge is 0.0576 e. The van der Waals surface area contributed by atoms with Crippen LogP contribution in [0.15, 0.2) is 30.7 Å². The first kappa shape index (κ1) is 19.5. The fourth-order valence-electron chi connectivity index (χ4n) is 4.64. The zero-order valence-corrected chi connectivity index (χ0v) is 18.1. The lowest BCUT2D eigenvalue weighted by Gasteiger charge is -2.42. The number of hydrogen-bond donors (Lipinski definition) is 0. The highest BCUT2D eigenvalue weighted by atomic mass is 15.2. The minimum Gasteiger partial charge on any atom is -0.293 e. The predicted molar refractivity (Wildman–Crippen MR) is 114 cm³/mol. The van der Waals surface area contributed by atoms with Crippen molar-refractivity contribution in [2.75, 3.05) is 13.1 Å². The zero-order valence-electron chi connectivity index (χ0n) is 18.1. The van der Waals surface area contributed by atoms with E-state index >= 15 is 0 Å². The summed E-state index contributed by atoms with van der Waals surface area (Å²) in [5.74, 6) is 0. The lowest BCUT2D eigenvalue weighted by Crippen LogP contribution is -2.48. The number of hydrogen-bond acceptors (Lipinski definition) is 4.